The Labute approximate surface area is 465 Å². The normalized spacial score (nSPS) is 14.0. The third-order valence-corrected chi connectivity index (χ3v) is 15.2. The molecular weight excluding hydrogens is 952 g/mol. The molecule has 0 fully saturated rings. The van der Waals surface area contributed by atoms with Gasteiger partial charge in [0.05, 0.1) is 33.8 Å². The van der Waals surface area contributed by atoms with E-state index in [1.54, 1.807) is 0 Å². The van der Waals surface area contributed by atoms with E-state index in [0.29, 0.717) is 17.4 Å². The molecule has 1 amide bonds. The summed E-state index contributed by atoms with van der Waals surface area (Å²) in [5.41, 5.74) is 0. The van der Waals surface area contributed by atoms with Gasteiger partial charge in [-0.3, -0.25) is 14.2 Å². The number of phosphoric acid groups is 1. The Morgan fingerprint density at radius 3 is 1.24 bits per heavy atom. The number of allylic oxidation sites excluding steroid dienone is 7. The average Bonchev–Trinajstić information content (AvgIpc) is 3.37. The second-order valence-electron chi connectivity index (χ2n) is 22.9. The molecule has 75 heavy (non-hydrogen) atoms. The topological polar surface area (TPSA) is 114 Å². The minimum Gasteiger partial charge on any atom is -0.756 e. The maximum Gasteiger partial charge on any atom is 0.306 e. The summed E-state index contributed by atoms with van der Waals surface area (Å²) in [7, 11) is 1.19. The number of quaternary nitrogens is 1. The van der Waals surface area contributed by atoms with Crippen LogP contribution in [0.25, 0.3) is 0 Å². The highest BCUT2D eigenvalue weighted by atomic mass is 31.2. The monoisotopic (exact) mass is 1070 g/mol. The molecule has 0 rings (SSSR count). The molecule has 0 aliphatic heterocycles. The molecular formula is C65H123N2O7P. The first-order valence-corrected chi connectivity index (χ1v) is 33.4. The SMILES string of the molecule is CCCCC/C=C\C/C=C\C/C=C\CCCCCCCCCCCCCCC(=O)OC(/C=C\CCCCCCCCCCC)C(COP(=O)([O-])OCC[N+](C)(C)C)NC(=O)CCCCCCCCCCCCCCC. The van der Waals surface area contributed by atoms with Crippen molar-refractivity contribution in [1.29, 1.82) is 0 Å². The van der Waals surface area contributed by atoms with Crippen LogP contribution in [0, 0.1) is 0 Å². The van der Waals surface area contributed by atoms with Gasteiger partial charge in [0.25, 0.3) is 7.82 Å². The molecule has 0 spiro atoms. The Bertz CT molecular complexity index is 1420. The van der Waals surface area contributed by atoms with Gasteiger partial charge in [-0.15, -0.1) is 0 Å². The van der Waals surface area contributed by atoms with Crippen molar-refractivity contribution in [2.45, 2.75) is 315 Å². The quantitative estimate of drug-likeness (QED) is 0.0212. The minimum atomic E-state index is -4.69. The molecule has 0 aromatic rings. The number of nitrogens with one attached hydrogen (secondary N) is 1. The number of hydrogen-bond acceptors (Lipinski definition) is 7. The fraction of sp³-hybridized carbons (Fsp3) is 0.846. The van der Waals surface area contributed by atoms with Gasteiger partial charge in [-0.2, -0.15) is 0 Å². The van der Waals surface area contributed by atoms with Gasteiger partial charge in [0.1, 0.15) is 19.3 Å². The first kappa shape index (κ1) is 73.0. The van der Waals surface area contributed by atoms with Crippen molar-refractivity contribution in [3.05, 3.63) is 48.6 Å². The van der Waals surface area contributed by atoms with E-state index in [-0.39, 0.29) is 31.5 Å². The van der Waals surface area contributed by atoms with Crippen LogP contribution in [0.5, 0.6) is 0 Å². The number of carbonyl (C=O) groups excluding carboxylic acids is 2. The summed E-state index contributed by atoms with van der Waals surface area (Å²) in [6, 6.07) is -0.885. The van der Waals surface area contributed by atoms with E-state index in [0.717, 1.165) is 70.6 Å². The fourth-order valence-electron chi connectivity index (χ4n) is 9.29. The van der Waals surface area contributed by atoms with Crippen LogP contribution >= 0.6 is 7.82 Å². The third kappa shape index (κ3) is 56.5. The van der Waals surface area contributed by atoms with Gasteiger partial charge in [-0.25, -0.2) is 0 Å². The highest BCUT2D eigenvalue weighted by Gasteiger charge is 2.27. The van der Waals surface area contributed by atoms with Crippen molar-refractivity contribution >= 4 is 19.7 Å². The molecule has 0 aliphatic rings. The molecule has 0 saturated carbocycles. The molecule has 9 nitrogen and oxygen atoms in total. The molecule has 0 bridgehead atoms. The lowest BCUT2D eigenvalue weighted by Gasteiger charge is -2.30. The van der Waals surface area contributed by atoms with Crippen molar-refractivity contribution < 1.29 is 37.3 Å². The largest absolute Gasteiger partial charge is 0.756 e. The zero-order valence-electron chi connectivity index (χ0n) is 50.3. The predicted molar refractivity (Wildman–Crippen MR) is 321 cm³/mol. The predicted octanol–water partition coefficient (Wildman–Crippen LogP) is 19.0. The van der Waals surface area contributed by atoms with Crippen LogP contribution < -0.4 is 10.2 Å². The van der Waals surface area contributed by atoms with Gasteiger partial charge in [0.2, 0.25) is 5.91 Å². The molecule has 0 aliphatic carbocycles. The van der Waals surface area contributed by atoms with Crippen LogP contribution in [0.3, 0.4) is 0 Å². The van der Waals surface area contributed by atoms with Crippen LogP contribution in [0.15, 0.2) is 48.6 Å². The van der Waals surface area contributed by atoms with Gasteiger partial charge >= 0.3 is 5.97 Å². The van der Waals surface area contributed by atoms with E-state index in [9.17, 15) is 19.0 Å². The number of phosphoric ester groups is 1. The van der Waals surface area contributed by atoms with E-state index < -0.39 is 20.0 Å². The Kier molecular flexibility index (Phi) is 53.8. The highest BCUT2D eigenvalue weighted by Crippen LogP contribution is 2.38. The fourth-order valence-corrected chi connectivity index (χ4v) is 10.0. The van der Waals surface area contributed by atoms with Gasteiger partial charge in [-0.05, 0) is 70.3 Å². The molecule has 3 atom stereocenters. The van der Waals surface area contributed by atoms with Gasteiger partial charge < -0.3 is 28.5 Å². The Hall–Kier alpha value is -2.03. The van der Waals surface area contributed by atoms with E-state index in [1.807, 2.05) is 33.3 Å². The Morgan fingerprint density at radius 2 is 0.813 bits per heavy atom. The molecule has 0 heterocycles. The summed E-state index contributed by atoms with van der Waals surface area (Å²) < 4.78 is 30.3. The summed E-state index contributed by atoms with van der Waals surface area (Å²) in [6.45, 7) is 6.83. The van der Waals surface area contributed by atoms with Crippen LogP contribution in [-0.4, -0.2) is 69.4 Å². The van der Waals surface area contributed by atoms with Crippen LogP contribution in [0.2, 0.25) is 0 Å². The number of likely N-dealkylation sites (N-methyl/N-ethyl adjacent to an activating group) is 1. The second-order valence-corrected chi connectivity index (χ2v) is 24.3. The van der Waals surface area contributed by atoms with E-state index >= 15 is 0 Å². The zero-order chi connectivity index (χ0) is 55.0. The number of unbranched alkanes of at least 4 members (excludes halogenated alkanes) is 36. The van der Waals surface area contributed by atoms with Gasteiger partial charge in [0, 0.05) is 12.8 Å². The number of carbonyl (C=O) groups is 2. The van der Waals surface area contributed by atoms with Crippen molar-refractivity contribution in [1.82, 2.24) is 5.32 Å². The molecule has 3 unspecified atom stereocenters. The van der Waals surface area contributed by atoms with Crippen molar-refractivity contribution in [2.75, 3.05) is 40.9 Å². The van der Waals surface area contributed by atoms with E-state index in [2.05, 4.69) is 62.5 Å². The van der Waals surface area contributed by atoms with Gasteiger partial charge in [-0.1, -0.05) is 269 Å². The molecule has 0 aromatic carbocycles. The molecule has 0 saturated heterocycles. The second kappa shape index (κ2) is 55.3. The van der Waals surface area contributed by atoms with Crippen LogP contribution in [0.4, 0.5) is 0 Å². The Balaban J connectivity index is 5.05. The molecule has 440 valence electrons. The number of amides is 1. The van der Waals surface area contributed by atoms with Crippen molar-refractivity contribution in [2.24, 2.45) is 0 Å². The lowest BCUT2D eigenvalue weighted by Crippen LogP contribution is -2.47. The van der Waals surface area contributed by atoms with Crippen molar-refractivity contribution in [3.63, 3.8) is 0 Å². The Morgan fingerprint density at radius 1 is 0.467 bits per heavy atom. The zero-order valence-corrected chi connectivity index (χ0v) is 51.2. The summed E-state index contributed by atoms with van der Waals surface area (Å²) in [4.78, 5) is 39.9. The number of hydrogen-bond donors (Lipinski definition) is 1. The number of nitrogens with zero attached hydrogens (tertiary/aromatic N) is 1. The van der Waals surface area contributed by atoms with Crippen LogP contribution in [0.1, 0.15) is 303 Å². The van der Waals surface area contributed by atoms with E-state index in [4.69, 9.17) is 13.8 Å². The summed E-state index contributed by atoms with van der Waals surface area (Å²) in [5, 5.41) is 3.03. The summed E-state index contributed by atoms with van der Waals surface area (Å²) >= 11 is 0. The lowest BCUT2D eigenvalue weighted by molar-refractivity contribution is -0.870. The minimum absolute atomic E-state index is 0.0209. The molecule has 0 radical (unpaired) electrons. The number of ether oxygens (including phenoxy) is 1. The first-order valence-electron chi connectivity index (χ1n) is 31.9. The molecule has 0 aromatic heterocycles. The average molecular weight is 1080 g/mol. The number of rotatable bonds is 58. The number of esters is 1. The first-order chi connectivity index (χ1) is 36.4. The smallest absolute Gasteiger partial charge is 0.306 e. The van der Waals surface area contributed by atoms with Crippen LogP contribution in [-0.2, 0) is 27.9 Å². The maximum atomic E-state index is 13.5. The summed E-state index contributed by atoms with van der Waals surface area (Å²) in [5.74, 6) is -0.533. The lowest BCUT2D eigenvalue weighted by atomic mass is 10.0. The summed E-state index contributed by atoms with van der Waals surface area (Å²) in [6.07, 6.45) is 67.9. The standard InChI is InChI=1S/C65H123N2O7P/c1-7-10-13-16-19-22-25-27-28-29-30-31-32-33-34-35-36-37-38-40-43-46-49-52-55-58-65(69)74-63(56-53-50-47-44-41-24-21-18-15-12-9-3)62(61-73-75(70,71)72-60-59-67(4,5)6)66-64(68)57-54-51-48-45-42-39-26-23-20-17-14-11-8-2/h19,22,27-28,30-31,53,56,62-63H,7-18,20-21,23-26,29,32-52,54-55,57-61H2,1-6H3,(H-,66,68,70,71)/b22-19-,28-27-,31-30-,56-53-. The highest BCUT2D eigenvalue weighted by molar-refractivity contribution is 7.45. The third-order valence-electron chi connectivity index (χ3n) is 14.3. The maximum absolute atomic E-state index is 13.5. The molecule has 10 heteroatoms. The van der Waals surface area contributed by atoms with Crippen molar-refractivity contribution in [3.8, 4) is 0 Å². The van der Waals surface area contributed by atoms with E-state index in [1.165, 1.54) is 199 Å². The van der Waals surface area contributed by atoms with Gasteiger partial charge in [0.15, 0.2) is 0 Å². The molecule has 1 N–H and O–H groups in total.